The lowest BCUT2D eigenvalue weighted by Crippen LogP contribution is -2.56. The van der Waals surface area contributed by atoms with Crippen LogP contribution in [0.4, 0.5) is 5.69 Å². The zero-order chi connectivity index (χ0) is 21.0. The van der Waals surface area contributed by atoms with Gasteiger partial charge in [-0.1, -0.05) is 0 Å². The van der Waals surface area contributed by atoms with Gasteiger partial charge in [-0.25, -0.2) is 14.6 Å². The summed E-state index contributed by atoms with van der Waals surface area (Å²) in [6.07, 6.45) is 13.3. The molecule has 0 radical (unpaired) electrons. The van der Waals surface area contributed by atoms with E-state index in [1.54, 1.807) is 23.3 Å². The van der Waals surface area contributed by atoms with Gasteiger partial charge >= 0.3 is 0 Å². The quantitative estimate of drug-likeness (QED) is 0.821. The van der Waals surface area contributed by atoms with E-state index in [0.717, 1.165) is 49.9 Å². The Kier molecular flexibility index (Phi) is 4.36. The molecule has 8 heteroatoms. The Labute approximate surface area is 181 Å². The summed E-state index contributed by atoms with van der Waals surface area (Å²) in [5, 5.41) is 7.03. The number of rotatable bonds is 4. The van der Waals surface area contributed by atoms with E-state index in [4.69, 9.17) is 0 Å². The minimum Gasteiger partial charge on any atom is -0.330 e. The molecule has 2 aromatic heterocycles. The predicted molar refractivity (Wildman–Crippen MR) is 113 cm³/mol. The number of amides is 2. The summed E-state index contributed by atoms with van der Waals surface area (Å²) >= 11 is 0. The van der Waals surface area contributed by atoms with Crippen molar-refractivity contribution in [1.29, 1.82) is 0 Å². The van der Waals surface area contributed by atoms with Gasteiger partial charge in [-0.2, -0.15) is 5.10 Å². The van der Waals surface area contributed by atoms with Crippen LogP contribution in [0.2, 0.25) is 0 Å². The number of nitrogens with one attached hydrogen (secondary N) is 1. The number of nitrogens with zero attached hydrogens (tertiary/aromatic N) is 5. The Balaban J connectivity index is 1.16. The maximum Gasteiger partial charge on any atom is 0.247 e. The van der Waals surface area contributed by atoms with Crippen LogP contribution in [0.3, 0.4) is 0 Å². The standard InChI is InChI=1S/C23H28N6O2/c30-21(27-18-3-4-20(25-12-18)29-14-24-13-26-29)19-2-1-5-28(19)22(31)23-9-15-6-16(10-23)8-17(7-15)11-23/h3-4,12-17,19H,1-2,5-11H2,(H,27,30). The van der Waals surface area contributed by atoms with Crippen LogP contribution in [-0.4, -0.2) is 49.0 Å². The van der Waals surface area contributed by atoms with Crippen molar-refractivity contribution in [3.63, 3.8) is 0 Å². The van der Waals surface area contributed by atoms with Gasteiger partial charge in [0.05, 0.1) is 17.3 Å². The molecule has 162 valence electrons. The number of aromatic nitrogens is 4. The number of hydrogen-bond acceptors (Lipinski definition) is 5. The normalized spacial score (nSPS) is 33.6. The molecule has 1 atom stereocenters. The molecule has 3 heterocycles. The van der Waals surface area contributed by atoms with Crippen LogP contribution in [0, 0.1) is 23.2 Å². The van der Waals surface area contributed by atoms with Gasteiger partial charge in [0.25, 0.3) is 0 Å². The number of carbonyl (C=O) groups excluding carboxylic acids is 2. The lowest BCUT2D eigenvalue weighted by atomic mass is 9.49. The zero-order valence-corrected chi connectivity index (χ0v) is 17.6. The third kappa shape index (κ3) is 3.23. The number of likely N-dealkylation sites (tertiary alicyclic amines) is 1. The Morgan fingerprint density at radius 2 is 1.81 bits per heavy atom. The SMILES string of the molecule is O=C(Nc1ccc(-n2cncn2)nc1)C1CCCN1C(=O)C12CC3CC(CC(C3)C1)C2. The first-order valence-corrected chi connectivity index (χ1v) is 11.5. The van der Waals surface area contributed by atoms with E-state index in [0.29, 0.717) is 18.1 Å². The first kappa shape index (κ1) is 19.0. The summed E-state index contributed by atoms with van der Waals surface area (Å²) in [6.45, 7) is 0.697. The first-order chi connectivity index (χ1) is 15.1. The van der Waals surface area contributed by atoms with Gasteiger partial charge in [-0.3, -0.25) is 9.59 Å². The van der Waals surface area contributed by atoms with E-state index < -0.39 is 0 Å². The predicted octanol–water partition coefficient (Wildman–Crippen LogP) is 2.81. The summed E-state index contributed by atoms with van der Waals surface area (Å²) in [4.78, 5) is 37.0. The fraction of sp³-hybridized carbons (Fsp3) is 0.609. The molecule has 7 rings (SSSR count). The van der Waals surface area contributed by atoms with Gasteiger partial charge in [-0.15, -0.1) is 0 Å². The minimum absolute atomic E-state index is 0.106. The molecule has 5 aliphatic rings. The molecule has 1 aliphatic heterocycles. The molecule has 4 aliphatic carbocycles. The van der Waals surface area contributed by atoms with Crippen molar-refractivity contribution < 1.29 is 9.59 Å². The highest BCUT2D eigenvalue weighted by Crippen LogP contribution is 2.60. The summed E-state index contributed by atoms with van der Waals surface area (Å²) in [7, 11) is 0. The third-order valence-electron chi connectivity index (χ3n) is 7.98. The van der Waals surface area contributed by atoms with Crippen LogP contribution in [0.1, 0.15) is 51.4 Å². The maximum atomic E-state index is 13.8. The van der Waals surface area contributed by atoms with E-state index >= 15 is 0 Å². The Bertz CT molecular complexity index is 951. The van der Waals surface area contributed by atoms with Gasteiger partial charge in [-0.05, 0) is 81.3 Å². The van der Waals surface area contributed by atoms with Gasteiger partial charge in [0.1, 0.15) is 18.7 Å². The Morgan fingerprint density at radius 3 is 2.42 bits per heavy atom. The summed E-state index contributed by atoms with van der Waals surface area (Å²) in [6, 6.07) is 3.22. The molecule has 1 saturated heterocycles. The average molecular weight is 421 g/mol. The van der Waals surface area contributed by atoms with Crippen molar-refractivity contribution in [2.45, 2.75) is 57.4 Å². The van der Waals surface area contributed by atoms with Crippen molar-refractivity contribution in [3.8, 4) is 5.82 Å². The van der Waals surface area contributed by atoms with Crippen LogP contribution in [0.25, 0.3) is 5.82 Å². The summed E-state index contributed by atoms with van der Waals surface area (Å²) in [5.41, 5.74) is 0.432. The molecule has 4 bridgehead atoms. The van der Waals surface area contributed by atoms with Crippen LogP contribution >= 0.6 is 0 Å². The highest BCUT2D eigenvalue weighted by molar-refractivity contribution is 5.98. The fourth-order valence-electron chi connectivity index (χ4n) is 7.11. The summed E-state index contributed by atoms with van der Waals surface area (Å²) < 4.78 is 1.56. The second-order valence-corrected chi connectivity index (χ2v) is 10.1. The summed E-state index contributed by atoms with van der Waals surface area (Å²) in [5.74, 6) is 2.95. The molecule has 31 heavy (non-hydrogen) atoms. The highest BCUT2D eigenvalue weighted by atomic mass is 16.2. The number of carbonyl (C=O) groups is 2. The second-order valence-electron chi connectivity index (χ2n) is 10.1. The van der Waals surface area contributed by atoms with Crippen LogP contribution in [0.15, 0.2) is 31.0 Å². The molecular formula is C23H28N6O2. The van der Waals surface area contributed by atoms with Crippen molar-refractivity contribution in [2.24, 2.45) is 23.2 Å². The van der Waals surface area contributed by atoms with Crippen LogP contribution in [-0.2, 0) is 9.59 Å². The van der Waals surface area contributed by atoms with Crippen molar-refractivity contribution in [1.82, 2.24) is 24.6 Å². The lowest BCUT2D eigenvalue weighted by molar-refractivity contribution is -0.160. The molecule has 5 fully saturated rings. The van der Waals surface area contributed by atoms with E-state index in [1.165, 1.54) is 25.6 Å². The molecular weight excluding hydrogens is 392 g/mol. The van der Waals surface area contributed by atoms with Gasteiger partial charge in [0.15, 0.2) is 5.82 Å². The second kappa shape index (κ2) is 7.14. The molecule has 1 N–H and O–H groups in total. The average Bonchev–Trinajstić information content (AvgIpc) is 3.45. The van der Waals surface area contributed by atoms with Gasteiger partial charge < -0.3 is 10.2 Å². The number of anilines is 1. The van der Waals surface area contributed by atoms with Crippen LogP contribution in [0.5, 0.6) is 0 Å². The molecule has 2 amide bonds. The smallest absolute Gasteiger partial charge is 0.247 e. The van der Waals surface area contributed by atoms with Gasteiger partial charge in [0.2, 0.25) is 11.8 Å². The first-order valence-electron chi connectivity index (χ1n) is 11.5. The monoisotopic (exact) mass is 420 g/mol. The van der Waals surface area contributed by atoms with Gasteiger partial charge in [0, 0.05) is 6.54 Å². The molecule has 4 saturated carbocycles. The third-order valence-corrected chi connectivity index (χ3v) is 7.98. The maximum absolute atomic E-state index is 13.8. The topological polar surface area (TPSA) is 93.0 Å². The Morgan fingerprint density at radius 1 is 1.06 bits per heavy atom. The molecule has 2 aromatic rings. The van der Waals surface area contributed by atoms with E-state index in [2.05, 4.69) is 20.4 Å². The minimum atomic E-state index is -0.379. The van der Waals surface area contributed by atoms with E-state index in [-0.39, 0.29) is 23.3 Å². The fourth-order valence-corrected chi connectivity index (χ4v) is 7.11. The van der Waals surface area contributed by atoms with Crippen molar-refractivity contribution in [2.75, 3.05) is 11.9 Å². The molecule has 1 unspecified atom stereocenters. The van der Waals surface area contributed by atoms with Crippen LogP contribution < -0.4 is 5.32 Å². The molecule has 0 aromatic carbocycles. The zero-order valence-electron chi connectivity index (χ0n) is 17.6. The number of hydrogen-bond donors (Lipinski definition) is 1. The molecule has 0 spiro atoms. The van der Waals surface area contributed by atoms with Crippen molar-refractivity contribution in [3.05, 3.63) is 31.0 Å². The highest BCUT2D eigenvalue weighted by Gasteiger charge is 2.56. The van der Waals surface area contributed by atoms with E-state index in [9.17, 15) is 9.59 Å². The lowest BCUT2D eigenvalue weighted by Gasteiger charge is -2.56. The van der Waals surface area contributed by atoms with E-state index in [1.807, 2.05) is 11.0 Å². The largest absolute Gasteiger partial charge is 0.330 e. The Hall–Kier alpha value is -2.77. The number of pyridine rings is 1. The molecule has 8 nitrogen and oxygen atoms in total. The van der Waals surface area contributed by atoms with Crippen molar-refractivity contribution >= 4 is 17.5 Å².